The van der Waals surface area contributed by atoms with Gasteiger partial charge in [-0.3, -0.25) is 4.98 Å². The average Bonchev–Trinajstić information content (AvgIpc) is 3.28. The van der Waals surface area contributed by atoms with Crippen molar-refractivity contribution in [3.63, 3.8) is 0 Å². The van der Waals surface area contributed by atoms with Gasteiger partial charge in [-0.15, -0.1) is 11.3 Å². The molecular formula is C38H45NS. The van der Waals surface area contributed by atoms with Crippen LogP contribution in [0, 0.1) is 5.41 Å². The molecule has 5 aromatic rings. The predicted octanol–water partition coefficient (Wildman–Crippen LogP) is 11.5. The summed E-state index contributed by atoms with van der Waals surface area (Å²) < 4.78 is 21.4. The third-order valence-corrected chi connectivity index (χ3v) is 10.1. The maximum absolute atomic E-state index is 9.52. The van der Waals surface area contributed by atoms with E-state index in [-0.39, 0.29) is 16.2 Å². The minimum Gasteiger partial charge on any atom is -0.255 e. The van der Waals surface area contributed by atoms with Crippen LogP contribution in [0.3, 0.4) is 0 Å². The first-order valence-corrected chi connectivity index (χ1v) is 15.6. The minimum absolute atomic E-state index is 0.00685. The lowest BCUT2D eigenvalue weighted by atomic mass is 9.62. The molecule has 6 rings (SSSR count). The summed E-state index contributed by atoms with van der Waals surface area (Å²) in [6.07, 6.45) is 2.63. The van der Waals surface area contributed by atoms with Crippen LogP contribution in [-0.2, 0) is 22.6 Å². The maximum atomic E-state index is 9.52. The molecule has 208 valence electrons. The Hall–Kier alpha value is -2.71. The third-order valence-electron chi connectivity index (χ3n) is 8.89. The van der Waals surface area contributed by atoms with Crippen LogP contribution in [-0.4, -0.2) is 4.98 Å². The molecule has 0 radical (unpaired) electrons. The van der Waals surface area contributed by atoms with E-state index in [9.17, 15) is 2.74 Å². The Morgan fingerprint density at radius 2 is 1.55 bits per heavy atom. The summed E-state index contributed by atoms with van der Waals surface area (Å²) in [4.78, 5) is 5.04. The van der Waals surface area contributed by atoms with E-state index in [0.29, 0.717) is 0 Å². The Balaban J connectivity index is 1.78. The Morgan fingerprint density at radius 1 is 0.850 bits per heavy atom. The summed E-state index contributed by atoms with van der Waals surface area (Å²) >= 11 is 1.83. The van der Waals surface area contributed by atoms with Gasteiger partial charge >= 0.3 is 0 Å². The molecule has 0 saturated carbocycles. The van der Waals surface area contributed by atoms with E-state index in [1.54, 1.807) is 0 Å². The number of hydrogen-bond donors (Lipinski definition) is 0. The summed E-state index contributed by atoms with van der Waals surface area (Å²) in [5, 5.41) is 4.72. The van der Waals surface area contributed by atoms with E-state index in [4.69, 9.17) is 4.98 Å². The van der Waals surface area contributed by atoms with Crippen LogP contribution in [0.1, 0.15) is 107 Å². The van der Waals surface area contributed by atoms with Crippen molar-refractivity contribution < 1.29 is 2.74 Å². The number of nitrogens with zero attached hydrogens (tertiary/aromatic N) is 1. The Labute approximate surface area is 247 Å². The summed E-state index contributed by atoms with van der Waals surface area (Å²) in [7, 11) is 0. The lowest BCUT2D eigenvalue weighted by Crippen LogP contribution is -2.34. The zero-order chi connectivity index (χ0) is 30.6. The molecule has 1 nitrogen and oxygen atoms in total. The van der Waals surface area contributed by atoms with E-state index < -0.39 is 11.8 Å². The fraction of sp³-hybridized carbons (Fsp3) is 0.447. The molecule has 0 aliphatic heterocycles. The molecule has 0 bridgehead atoms. The van der Waals surface area contributed by atoms with Crippen molar-refractivity contribution in [2.45, 2.75) is 105 Å². The number of benzene rings is 3. The molecule has 0 N–H and O–H groups in total. The van der Waals surface area contributed by atoms with Crippen LogP contribution in [0.2, 0.25) is 0 Å². The molecule has 0 atom stereocenters. The van der Waals surface area contributed by atoms with Crippen LogP contribution in [0.25, 0.3) is 42.2 Å². The zero-order valence-corrected chi connectivity index (χ0v) is 26.8. The van der Waals surface area contributed by atoms with Gasteiger partial charge in [-0.05, 0) is 92.1 Å². The van der Waals surface area contributed by atoms with Gasteiger partial charge in [0.15, 0.2) is 0 Å². The zero-order valence-electron chi connectivity index (χ0n) is 28.0. The van der Waals surface area contributed by atoms with E-state index in [1.807, 2.05) is 38.3 Å². The predicted molar refractivity (Wildman–Crippen MR) is 177 cm³/mol. The lowest BCUT2D eigenvalue weighted by molar-refractivity contribution is 0.334. The standard InChI is InChI=1S/C38H45NS/c1-35(2,3)22-25-21-29-31(38(9,10)17-16-37(29,7)8)34-30(25)27-15-18-39-32(33(27)40-34)24-19-23-13-11-12-14-26(23)28(20-24)36(4,5)6/h11-15,18-21H,16-17,22H2,1-10H3/i22D2. The number of aromatic nitrogens is 1. The molecule has 0 saturated heterocycles. The number of fused-ring (bicyclic) bond motifs is 6. The van der Waals surface area contributed by atoms with E-state index in [1.165, 1.54) is 32.2 Å². The topological polar surface area (TPSA) is 12.9 Å². The van der Waals surface area contributed by atoms with Crippen molar-refractivity contribution in [2.75, 3.05) is 0 Å². The van der Waals surface area contributed by atoms with Gasteiger partial charge in [0.2, 0.25) is 0 Å². The van der Waals surface area contributed by atoms with Crippen LogP contribution < -0.4 is 0 Å². The SMILES string of the molecule is [2H]C([2H])(c1cc2c(c3sc4c(-c5cc(C(C)(C)C)c6ccccc6c5)nccc4c13)C(C)(C)CCC2(C)C)C(C)(C)C. The second kappa shape index (κ2) is 8.89. The second-order valence-electron chi connectivity index (χ2n) is 15.3. The quantitative estimate of drug-likeness (QED) is 0.213. The fourth-order valence-corrected chi connectivity index (χ4v) is 8.31. The maximum Gasteiger partial charge on any atom is 0.0880 e. The molecule has 40 heavy (non-hydrogen) atoms. The molecule has 1 aliphatic rings. The largest absolute Gasteiger partial charge is 0.255 e. The third kappa shape index (κ3) is 4.48. The van der Waals surface area contributed by atoms with Gasteiger partial charge < -0.3 is 0 Å². The highest BCUT2D eigenvalue weighted by molar-refractivity contribution is 7.26. The van der Waals surface area contributed by atoms with E-state index in [0.717, 1.165) is 45.1 Å². The van der Waals surface area contributed by atoms with E-state index in [2.05, 4.69) is 97.0 Å². The van der Waals surface area contributed by atoms with Gasteiger partial charge in [0, 0.05) is 30.0 Å². The Morgan fingerprint density at radius 3 is 2.25 bits per heavy atom. The molecular weight excluding hydrogens is 502 g/mol. The van der Waals surface area contributed by atoms with Gasteiger partial charge in [0.05, 0.1) is 10.4 Å². The van der Waals surface area contributed by atoms with Crippen LogP contribution in [0.4, 0.5) is 0 Å². The molecule has 0 spiro atoms. The first-order chi connectivity index (χ1) is 19.3. The van der Waals surface area contributed by atoms with Gasteiger partial charge in [-0.2, -0.15) is 0 Å². The van der Waals surface area contributed by atoms with Crippen molar-refractivity contribution in [3.8, 4) is 11.3 Å². The molecule has 2 heterocycles. The molecule has 3 aromatic carbocycles. The van der Waals surface area contributed by atoms with Gasteiger partial charge in [0.1, 0.15) is 0 Å². The summed E-state index contributed by atoms with van der Waals surface area (Å²) in [5.41, 5.74) is 6.40. The number of thiophene rings is 1. The van der Waals surface area contributed by atoms with Crippen LogP contribution in [0.5, 0.6) is 0 Å². The van der Waals surface area contributed by atoms with Crippen LogP contribution >= 0.6 is 11.3 Å². The first kappa shape index (κ1) is 25.0. The van der Waals surface area contributed by atoms with Crippen molar-refractivity contribution in [3.05, 3.63) is 77.0 Å². The number of rotatable bonds is 2. The van der Waals surface area contributed by atoms with Crippen molar-refractivity contribution in [1.29, 1.82) is 0 Å². The monoisotopic (exact) mass is 549 g/mol. The average molecular weight is 550 g/mol. The molecule has 0 fully saturated rings. The molecule has 2 heteroatoms. The molecule has 0 unspecified atom stereocenters. The molecule has 0 amide bonds. The highest BCUT2D eigenvalue weighted by Crippen LogP contribution is 2.53. The Bertz CT molecular complexity index is 1880. The summed E-state index contributed by atoms with van der Waals surface area (Å²) in [5.74, 6) is 0. The molecule has 2 aromatic heterocycles. The van der Waals surface area contributed by atoms with Gasteiger partial charge in [-0.25, -0.2) is 0 Å². The van der Waals surface area contributed by atoms with Gasteiger partial charge in [-0.1, -0.05) is 99.6 Å². The smallest absolute Gasteiger partial charge is 0.0880 e. The van der Waals surface area contributed by atoms with Crippen LogP contribution in [0.15, 0.2) is 54.7 Å². The van der Waals surface area contributed by atoms with Crippen molar-refractivity contribution in [2.24, 2.45) is 5.41 Å². The molecule has 1 aliphatic carbocycles. The lowest BCUT2D eigenvalue weighted by Gasteiger charge is -2.42. The minimum atomic E-state index is -1.52. The second-order valence-corrected chi connectivity index (χ2v) is 16.3. The normalized spacial score (nSPS) is 18.1. The summed E-state index contributed by atoms with van der Waals surface area (Å²) in [6.45, 7) is 22.4. The number of pyridine rings is 1. The fourth-order valence-electron chi connectivity index (χ4n) is 6.74. The van der Waals surface area contributed by atoms with E-state index >= 15 is 0 Å². The highest BCUT2D eigenvalue weighted by Gasteiger charge is 2.40. The first-order valence-electron chi connectivity index (χ1n) is 15.8. The Kier molecular flexibility index (Phi) is 5.57. The van der Waals surface area contributed by atoms with Crippen molar-refractivity contribution >= 4 is 42.3 Å². The summed E-state index contributed by atoms with van der Waals surface area (Å²) in [6, 6.07) is 17.7. The van der Waals surface area contributed by atoms with Gasteiger partial charge in [0.25, 0.3) is 0 Å². The highest BCUT2D eigenvalue weighted by atomic mass is 32.1. The van der Waals surface area contributed by atoms with Crippen molar-refractivity contribution in [1.82, 2.24) is 4.98 Å². The number of hydrogen-bond acceptors (Lipinski definition) is 2.